The molecule has 0 bridgehead atoms. The van der Waals surface area contributed by atoms with E-state index >= 15 is 0 Å². The number of nitrogens with one attached hydrogen (secondary N) is 2. The second kappa shape index (κ2) is 11.3. The van der Waals surface area contributed by atoms with Crippen LogP contribution in [0, 0.1) is 0 Å². The molecule has 2 amide bonds. The van der Waals surface area contributed by atoms with Crippen molar-refractivity contribution < 1.29 is 32.2 Å². The summed E-state index contributed by atoms with van der Waals surface area (Å²) in [6.45, 7) is 0.614. The van der Waals surface area contributed by atoms with Crippen LogP contribution in [0.15, 0.2) is 47.4 Å². The molecule has 1 saturated heterocycles. The SMILES string of the molecule is COc1ccc(S(=O)(=O)N(C)CC(=O)Nc2ccccc2C(=O)NC[C@@H]2CCCO2)cc1OC. The van der Waals surface area contributed by atoms with E-state index in [9.17, 15) is 18.0 Å². The number of carbonyl (C=O) groups is 2. The van der Waals surface area contributed by atoms with Gasteiger partial charge in [0.15, 0.2) is 11.5 Å². The van der Waals surface area contributed by atoms with Crippen LogP contribution in [-0.4, -0.2) is 71.6 Å². The number of methoxy groups -OCH3 is 2. The number of para-hydroxylation sites is 1. The van der Waals surface area contributed by atoms with Gasteiger partial charge in [-0.1, -0.05) is 12.1 Å². The number of carbonyl (C=O) groups excluding carboxylic acids is 2. The molecule has 1 atom stereocenters. The molecule has 0 aromatic heterocycles. The van der Waals surface area contributed by atoms with Crippen LogP contribution in [0.3, 0.4) is 0 Å². The first-order chi connectivity index (χ1) is 16.3. The first-order valence-corrected chi connectivity index (χ1v) is 12.2. The number of hydrogen-bond acceptors (Lipinski definition) is 7. The molecule has 184 valence electrons. The summed E-state index contributed by atoms with van der Waals surface area (Å²) in [5, 5.41) is 5.45. The average molecular weight is 492 g/mol. The van der Waals surface area contributed by atoms with Gasteiger partial charge in [-0.05, 0) is 37.1 Å². The third kappa shape index (κ3) is 6.04. The van der Waals surface area contributed by atoms with Crippen molar-refractivity contribution in [2.45, 2.75) is 23.8 Å². The van der Waals surface area contributed by atoms with Crippen LogP contribution in [0.2, 0.25) is 0 Å². The lowest BCUT2D eigenvalue weighted by Crippen LogP contribution is -2.36. The number of nitrogens with zero attached hydrogens (tertiary/aromatic N) is 1. The van der Waals surface area contributed by atoms with Crippen LogP contribution >= 0.6 is 0 Å². The summed E-state index contributed by atoms with van der Waals surface area (Å²) in [4.78, 5) is 25.2. The summed E-state index contributed by atoms with van der Waals surface area (Å²) in [7, 11) is 0.163. The maximum atomic E-state index is 12.9. The van der Waals surface area contributed by atoms with Crippen molar-refractivity contribution in [2.75, 3.05) is 46.3 Å². The molecule has 0 aliphatic carbocycles. The molecule has 11 heteroatoms. The highest BCUT2D eigenvalue weighted by molar-refractivity contribution is 7.89. The topological polar surface area (TPSA) is 123 Å². The van der Waals surface area contributed by atoms with E-state index in [0.717, 1.165) is 17.1 Å². The van der Waals surface area contributed by atoms with Crippen molar-refractivity contribution in [2.24, 2.45) is 0 Å². The van der Waals surface area contributed by atoms with Crippen LogP contribution in [-0.2, 0) is 19.6 Å². The summed E-state index contributed by atoms with van der Waals surface area (Å²) in [5.41, 5.74) is 0.563. The Labute approximate surface area is 199 Å². The van der Waals surface area contributed by atoms with E-state index in [4.69, 9.17) is 14.2 Å². The van der Waals surface area contributed by atoms with Gasteiger partial charge in [-0.25, -0.2) is 8.42 Å². The fourth-order valence-corrected chi connectivity index (χ4v) is 4.67. The molecular formula is C23H29N3O7S. The molecule has 10 nitrogen and oxygen atoms in total. The van der Waals surface area contributed by atoms with Gasteiger partial charge < -0.3 is 24.8 Å². The zero-order valence-electron chi connectivity index (χ0n) is 19.4. The van der Waals surface area contributed by atoms with E-state index in [-0.39, 0.29) is 33.9 Å². The van der Waals surface area contributed by atoms with Gasteiger partial charge in [-0.15, -0.1) is 0 Å². The number of likely N-dealkylation sites (N-methyl/N-ethyl adjacent to an activating group) is 1. The smallest absolute Gasteiger partial charge is 0.253 e. The normalized spacial score (nSPS) is 15.7. The third-order valence-corrected chi connectivity index (χ3v) is 7.19. The van der Waals surface area contributed by atoms with Gasteiger partial charge >= 0.3 is 0 Å². The second-order valence-electron chi connectivity index (χ2n) is 7.72. The van der Waals surface area contributed by atoms with E-state index in [1.54, 1.807) is 24.3 Å². The highest BCUT2D eigenvalue weighted by atomic mass is 32.2. The minimum atomic E-state index is -3.98. The fourth-order valence-electron chi connectivity index (χ4n) is 3.53. The molecule has 3 rings (SSSR count). The molecule has 1 aliphatic heterocycles. The van der Waals surface area contributed by atoms with E-state index in [1.165, 1.54) is 39.5 Å². The first kappa shape index (κ1) is 25.5. The number of ether oxygens (including phenoxy) is 3. The van der Waals surface area contributed by atoms with Crippen LogP contribution in [0.4, 0.5) is 5.69 Å². The Bertz CT molecular complexity index is 1130. The Morgan fingerprint density at radius 2 is 1.85 bits per heavy atom. The summed E-state index contributed by atoms with van der Waals surface area (Å²) >= 11 is 0. The van der Waals surface area contributed by atoms with E-state index in [2.05, 4.69) is 10.6 Å². The lowest BCUT2D eigenvalue weighted by Gasteiger charge is -2.19. The van der Waals surface area contributed by atoms with Crippen LogP contribution in [0.5, 0.6) is 11.5 Å². The quantitative estimate of drug-likeness (QED) is 0.520. The van der Waals surface area contributed by atoms with Crippen molar-refractivity contribution in [1.29, 1.82) is 0 Å². The molecule has 0 saturated carbocycles. The lowest BCUT2D eigenvalue weighted by atomic mass is 10.1. The summed E-state index contributed by atoms with van der Waals surface area (Å²) in [5.74, 6) is -0.302. The molecule has 2 aromatic rings. The predicted octanol–water partition coefficient (Wildman–Crippen LogP) is 1.87. The fraction of sp³-hybridized carbons (Fsp3) is 0.391. The van der Waals surface area contributed by atoms with Crippen molar-refractivity contribution in [3.8, 4) is 11.5 Å². The molecule has 0 unspecified atom stereocenters. The molecule has 0 spiro atoms. The zero-order chi connectivity index (χ0) is 24.7. The number of amides is 2. The van der Waals surface area contributed by atoms with Gasteiger partial charge in [0.1, 0.15) is 0 Å². The largest absolute Gasteiger partial charge is 0.493 e. The Morgan fingerprint density at radius 1 is 1.12 bits per heavy atom. The van der Waals surface area contributed by atoms with Gasteiger partial charge in [-0.3, -0.25) is 9.59 Å². The van der Waals surface area contributed by atoms with Gasteiger partial charge in [0, 0.05) is 26.3 Å². The Balaban J connectivity index is 1.66. The monoisotopic (exact) mass is 491 g/mol. The molecule has 1 fully saturated rings. The van der Waals surface area contributed by atoms with Gasteiger partial charge in [0.2, 0.25) is 15.9 Å². The van der Waals surface area contributed by atoms with Crippen molar-refractivity contribution >= 4 is 27.5 Å². The number of hydrogen-bond donors (Lipinski definition) is 2. The van der Waals surface area contributed by atoms with Crippen molar-refractivity contribution in [1.82, 2.24) is 9.62 Å². The number of sulfonamides is 1. The maximum Gasteiger partial charge on any atom is 0.253 e. The third-order valence-electron chi connectivity index (χ3n) is 5.39. The van der Waals surface area contributed by atoms with Crippen LogP contribution in [0.1, 0.15) is 23.2 Å². The standard InChI is InChI=1S/C23H29N3O7S/c1-26(34(29,30)17-10-11-20(31-2)21(13-17)32-3)15-22(27)25-19-9-5-4-8-18(19)23(28)24-14-16-7-6-12-33-16/h4-5,8-11,13,16H,6-7,12,14-15H2,1-3H3,(H,24,28)(H,25,27)/t16-/m0/s1. The minimum Gasteiger partial charge on any atom is -0.493 e. The molecule has 1 heterocycles. The molecule has 0 radical (unpaired) electrons. The first-order valence-electron chi connectivity index (χ1n) is 10.7. The predicted molar refractivity (Wildman–Crippen MR) is 126 cm³/mol. The number of benzene rings is 2. The Morgan fingerprint density at radius 3 is 2.53 bits per heavy atom. The van der Waals surface area contributed by atoms with E-state index in [1.807, 2.05) is 0 Å². The van der Waals surface area contributed by atoms with Gasteiger partial charge in [0.05, 0.1) is 43.0 Å². The van der Waals surface area contributed by atoms with Crippen LogP contribution < -0.4 is 20.1 Å². The van der Waals surface area contributed by atoms with Crippen molar-refractivity contribution in [3.63, 3.8) is 0 Å². The van der Waals surface area contributed by atoms with Crippen LogP contribution in [0.25, 0.3) is 0 Å². The summed E-state index contributed by atoms with van der Waals surface area (Å²) < 4.78 is 42.6. The molecule has 1 aliphatic rings. The average Bonchev–Trinajstić information content (AvgIpc) is 3.36. The maximum absolute atomic E-state index is 12.9. The molecular weight excluding hydrogens is 462 g/mol. The van der Waals surface area contributed by atoms with Crippen molar-refractivity contribution in [3.05, 3.63) is 48.0 Å². The Kier molecular flexibility index (Phi) is 8.48. The highest BCUT2D eigenvalue weighted by Gasteiger charge is 2.25. The minimum absolute atomic E-state index is 0.0128. The van der Waals surface area contributed by atoms with E-state index in [0.29, 0.717) is 18.9 Å². The summed E-state index contributed by atoms with van der Waals surface area (Å²) in [6.07, 6.45) is 1.84. The molecule has 2 aromatic carbocycles. The zero-order valence-corrected chi connectivity index (χ0v) is 20.2. The number of anilines is 1. The second-order valence-corrected chi connectivity index (χ2v) is 9.76. The summed E-state index contributed by atoms with van der Waals surface area (Å²) in [6, 6.07) is 10.7. The highest BCUT2D eigenvalue weighted by Crippen LogP contribution is 2.30. The number of rotatable bonds is 10. The van der Waals surface area contributed by atoms with E-state index < -0.39 is 22.5 Å². The molecule has 34 heavy (non-hydrogen) atoms. The molecule has 2 N–H and O–H groups in total. The van der Waals surface area contributed by atoms with Gasteiger partial charge in [0.25, 0.3) is 5.91 Å². The lowest BCUT2D eigenvalue weighted by molar-refractivity contribution is -0.116. The Hall–Kier alpha value is -3.15. The van der Waals surface area contributed by atoms with Gasteiger partial charge in [-0.2, -0.15) is 4.31 Å².